The number of fused-ring (bicyclic) bond motifs is 2. The van der Waals surface area contributed by atoms with Gasteiger partial charge in [0.25, 0.3) is 5.91 Å². The predicted octanol–water partition coefficient (Wildman–Crippen LogP) is 4.57. The minimum atomic E-state index is -0.0492. The highest BCUT2D eigenvalue weighted by Crippen LogP contribution is 2.37. The molecule has 5 rings (SSSR count). The van der Waals surface area contributed by atoms with E-state index in [0.29, 0.717) is 6.04 Å². The van der Waals surface area contributed by atoms with Crippen molar-refractivity contribution in [3.8, 4) is 5.75 Å². The number of para-hydroxylation sites is 1. The molecular formula is C24H25N3O2. The largest absolute Gasteiger partial charge is 0.494 e. The maximum atomic E-state index is 12.5. The van der Waals surface area contributed by atoms with E-state index in [4.69, 9.17) is 4.74 Å². The Hall–Kier alpha value is -3.05. The maximum absolute atomic E-state index is 12.5. The van der Waals surface area contributed by atoms with Crippen molar-refractivity contribution in [2.45, 2.75) is 32.2 Å². The van der Waals surface area contributed by atoms with Gasteiger partial charge in [-0.2, -0.15) is 0 Å². The zero-order chi connectivity index (χ0) is 19.8. The normalized spacial score (nSPS) is 20.0. The zero-order valence-electron chi connectivity index (χ0n) is 16.5. The standard InChI is InChI=1S/C24H25N3O2/c1-15(23-19-6-2-3-7-21(19)27-24(23)28)22-14-16-13-18(8-9-20(16)26-22)29-12-10-17-5-4-11-25-17/h2-3,6-9,13-14,17,25-26H,4-5,10-12H2,1H3,(H,27,28)/b23-15-. The molecule has 0 saturated carbocycles. The maximum Gasteiger partial charge on any atom is 0.256 e. The lowest BCUT2D eigenvalue weighted by Gasteiger charge is -2.11. The number of rotatable bonds is 5. The van der Waals surface area contributed by atoms with Crippen LogP contribution in [0.4, 0.5) is 5.69 Å². The Morgan fingerprint density at radius 1 is 1.17 bits per heavy atom. The number of aromatic nitrogens is 1. The third kappa shape index (κ3) is 3.42. The molecule has 1 fully saturated rings. The fourth-order valence-corrected chi connectivity index (χ4v) is 4.35. The summed E-state index contributed by atoms with van der Waals surface area (Å²) >= 11 is 0. The molecule has 1 aromatic heterocycles. The summed E-state index contributed by atoms with van der Waals surface area (Å²) in [4.78, 5) is 16.0. The first-order valence-corrected chi connectivity index (χ1v) is 10.3. The number of allylic oxidation sites excluding steroid dienone is 1. The molecule has 5 nitrogen and oxygen atoms in total. The third-order valence-electron chi connectivity index (χ3n) is 5.94. The first-order valence-electron chi connectivity index (χ1n) is 10.3. The van der Waals surface area contributed by atoms with Crippen LogP contribution in [0.25, 0.3) is 22.0 Å². The van der Waals surface area contributed by atoms with Crippen LogP contribution in [0.15, 0.2) is 48.5 Å². The van der Waals surface area contributed by atoms with Gasteiger partial charge in [-0.25, -0.2) is 0 Å². The smallest absolute Gasteiger partial charge is 0.256 e. The van der Waals surface area contributed by atoms with Gasteiger partial charge in [0.05, 0.1) is 12.2 Å². The van der Waals surface area contributed by atoms with Gasteiger partial charge in [0, 0.05) is 33.9 Å². The molecule has 148 valence electrons. The molecule has 0 bridgehead atoms. The zero-order valence-corrected chi connectivity index (χ0v) is 16.5. The number of H-pyrrole nitrogens is 1. The van der Waals surface area contributed by atoms with Crippen LogP contribution in [0.1, 0.15) is 37.4 Å². The van der Waals surface area contributed by atoms with E-state index in [9.17, 15) is 4.79 Å². The molecular weight excluding hydrogens is 362 g/mol. The van der Waals surface area contributed by atoms with Gasteiger partial charge in [-0.15, -0.1) is 0 Å². The van der Waals surface area contributed by atoms with E-state index >= 15 is 0 Å². The summed E-state index contributed by atoms with van der Waals surface area (Å²) in [5, 5.41) is 7.54. The van der Waals surface area contributed by atoms with Crippen LogP contribution in [0.2, 0.25) is 0 Å². The van der Waals surface area contributed by atoms with Gasteiger partial charge in [-0.3, -0.25) is 4.79 Å². The Bertz CT molecular complexity index is 1110. The van der Waals surface area contributed by atoms with Crippen LogP contribution in [-0.2, 0) is 4.79 Å². The number of hydrogen-bond donors (Lipinski definition) is 3. The van der Waals surface area contributed by atoms with Crippen LogP contribution < -0.4 is 15.4 Å². The quantitative estimate of drug-likeness (QED) is 0.562. The molecule has 3 heterocycles. The second-order valence-electron chi connectivity index (χ2n) is 7.86. The second kappa shape index (κ2) is 7.41. The van der Waals surface area contributed by atoms with E-state index in [1.807, 2.05) is 43.3 Å². The fourth-order valence-electron chi connectivity index (χ4n) is 4.35. The molecule has 2 aliphatic heterocycles. The van der Waals surface area contributed by atoms with E-state index in [2.05, 4.69) is 27.8 Å². The molecule has 0 radical (unpaired) electrons. The molecule has 3 aromatic rings. The highest BCUT2D eigenvalue weighted by Gasteiger charge is 2.26. The van der Waals surface area contributed by atoms with Gasteiger partial charge in [-0.1, -0.05) is 18.2 Å². The van der Waals surface area contributed by atoms with Crippen molar-refractivity contribution in [1.82, 2.24) is 10.3 Å². The van der Waals surface area contributed by atoms with E-state index in [-0.39, 0.29) is 5.91 Å². The first-order chi connectivity index (χ1) is 14.2. The van der Waals surface area contributed by atoms with Crippen molar-refractivity contribution >= 4 is 33.6 Å². The van der Waals surface area contributed by atoms with Gasteiger partial charge < -0.3 is 20.4 Å². The van der Waals surface area contributed by atoms with Crippen LogP contribution in [0, 0.1) is 0 Å². The van der Waals surface area contributed by atoms with Crippen molar-refractivity contribution in [1.29, 1.82) is 0 Å². The van der Waals surface area contributed by atoms with Gasteiger partial charge in [0.1, 0.15) is 5.75 Å². The summed E-state index contributed by atoms with van der Waals surface area (Å²) in [6.07, 6.45) is 3.55. The van der Waals surface area contributed by atoms with Crippen molar-refractivity contribution in [2.24, 2.45) is 0 Å². The molecule has 1 atom stereocenters. The fraction of sp³-hybridized carbons (Fsp3) is 0.292. The number of amides is 1. The summed E-state index contributed by atoms with van der Waals surface area (Å²) < 4.78 is 5.98. The number of ether oxygens (including phenoxy) is 1. The summed E-state index contributed by atoms with van der Waals surface area (Å²) in [6, 6.07) is 16.6. The second-order valence-corrected chi connectivity index (χ2v) is 7.86. The Balaban J connectivity index is 1.39. The molecule has 1 saturated heterocycles. The number of hydrogen-bond acceptors (Lipinski definition) is 3. The molecule has 29 heavy (non-hydrogen) atoms. The van der Waals surface area contributed by atoms with Crippen molar-refractivity contribution in [2.75, 3.05) is 18.5 Å². The average molecular weight is 387 g/mol. The molecule has 2 aromatic carbocycles. The van der Waals surface area contributed by atoms with Gasteiger partial charge in [0.2, 0.25) is 0 Å². The van der Waals surface area contributed by atoms with Crippen molar-refractivity contribution in [3.05, 3.63) is 59.8 Å². The monoisotopic (exact) mass is 387 g/mol. The first kappa shape index (κ1) is 18.0. The summed E-state index contributed by atoms with van der Waals surface area (Å²) in [5.41, 5.74) is 5.49. The van der Waals surface area contributed by atoms with E-state index in [1.165, 1.54) is 12.8 Å². The number of carbonyl (C=O) groups is 1. The Morgan fingerprint density at radius 3 is 2.93 bits per heavy atom. The number of nitrogens with one attached hydrogen (secondary N) is 3. The lowest BCUT2D eigenvalue weighted by Crippen LogP contribution is -2.23. The molecule has 3 N–H and O–H groups in total. The van der Waals surface area contributed by atoms with Crippen LogP contribution in [-0.4, -0.2) is 30.1 Å². The van der Waals surface area contributed by atoms with Gasteiger partial charge in [-0.05, 0) is 68.6 Å². The highest BCUT2D eigenvalue weighted by molar-refractivity contribution is 6.36. The molecule has 1 amide bonds. The predicted molar refractivity (Wildman–Crippen MR) is 117 cm³/mol. The van der Waals surface area contributed by atoms with Crippen LogP contribution in [0.3, 0.4) is 0 Å². The number of anilines is 1. The molecule has 1 unspecified atom stereocenters. The average Bonchev–Trinajstić information content (AvgIpc) is 3.45. The molecule has 0 aliphatic carbocycles. The SMILES string of the molecule is C/C(=C1/C(=O)Nc2ccccc21)c1cc2cc(OCCC3CCCN3)ccc2[nH]1. The number of benzene rings is 2. The summed E-state index contributed by atoms with van der Waals surface area (Å²) in [6.45, 7) is 3.84. The minimum absolute atomic E-state index is 0.0492. The number of aromatic amines is 1. The van der Waals surface area contributed by atoms with Crippen LogP contribution in [0.5, 0.6) is 5.75 Å². The Kier molecular flexibility index (Phi) is 4.60. The van der Waals surface area contributed by atoms with E-state index in [0.717, 1.165) is 64.3 Å². The molecule has 0 spiro atoms. The van der Waals surface area contributed by atoms with Gasteiger partial charge >= 0.3 is 0 Å². The minimum Gasteiger partial charge on any atom is -0.494 e. The lowest BCUT2D eigenvalue weighted by molar-refractivity contribution is -0.110. The molecule has 5 heteroatoms. The van der Waals surface area contributed by atoms with Crippen molar-refractivity contribution < 1.29 is 9.53 Å². The van der Waals surface area contributed by atoms with Crippen molar-refractivity contribution in [3.63, 3.8) is 0 Å². The third-order valence-corrected chi connectivity index (χ3v) is 5.94. The van der Waals surface area contributed by atoms with E-state index in [1.54, 1.807) is 0 Å². The Labute approximate surface area is 170 Å². The topological polar surface area (TPSA) is 66.2 Å². The van der Waals surface area contributed by atoms with Gasteiger partial charge in [0.15, 0.2) is 0 Å². The molecule has 2 aliphatic rings. The van der Waals surface area contributed by atoms with E-state index < -0.39 is 0 Å². The highest BCUT2D eigenvalue weighted by atomic mass is 16.5. The summed E-state index contributed by atoms with van der Waals surface area (Å²) in [5.74, 6) is 0.835. The Morgan fingerprint density at radius 2 is 2.07 bits per heavy atom. The lowest BCUT2D eigenvalue weighted by atomic mass is 10.00. The number of carbonyl (C=O) groups excluding carboxylic acids is 1. The summed E-state index contributed by atoms with van der Waals surface area (Å²) in [7, 11) is 0. The van der Waals surface area contributed by atoms with Crippen LogP contribution >= 0.6 is 0 Å².